The zero-order valence-electron chi connectivity index (χ0n) is 13.4. The molecule has 176 valence electrons. The third-order valence-electron chi connectivity index (χ3n) is 2.40. The van der Waals surface area contributed by atoms with E-state index in [-0.39, 0.29) is 6.42 Å². The first-order chi connectivity index (χ1) is 12.4. The number of unbranched alkanes of at least 4 members (excludes halogenated alkanes) is 1. The normalized spacial score (nSPS) is 15.5. The van der Waals surface area contributed by atoms with Crippen LogP contribution < -0.4 is 0 Å². The van der Waals surface area contributed by atoms with Crippen molar-refractivity contribution in [2.24, 2.45) is 0 Å². The Morgan fingerprint density at radius 2 is 0.862 bits per heavy atom. The van der Waals surface area contributed by atoms with E-state index in [0.717, 1.165) is 6.92 Å². The van der Waals surface area contributed by atoms with Gasteiger partial charge < -0.3 is 0 Å². The monoisotopic (exact) mass is 624 g/mol. The second-order valence-electron chi connectivity index (χ2n) is 4.74. The Labute approximate surface area is 163 Å². The van der Waals surface area contributed by atoms with Crippen LogP contribution in [0.3, 0.4) is 0 Å². The molecule has 0 amide bonds. The first kappa shape index (κ1) is 28.9. The van der Waals surface area contributed by atoms with Gasteiger partial charge in [0.2, 0.25) is 0 Å². The van der Waals surface area contributed by atoms with E-state index in [2.05, 4.69) is 7.56 Å². The summed E-state index contributed by atoms with van der Waals surface area (Å²) in [7, 11) is -21.4. The number of halogens is 9. The Balaban J connectivity index is 6.77. The van der Waals surface area contributed by atoms with E-state index < -0.39 is 77.4 Å². The standard InChI is InChI=1S/C4H9.3CHF3O3S.Sn/c1-3-4-2;3*2-1(3,4)8(5,6)7;/h1,3-4H2,2H3;3*(H,5,6,7);/q;;;;+3/p-3. The van der Waals surface area contributed by atoms with Gasteiger partial charge in [-0.25, -0.2) is 0 Å². The van der Waals surface area contributed by atoms with Crippen molar-refractivity contribution < 1.29 is 72.3 Å². The summed E-state index contributed by atoms with van der Waals surface area (Å²) >= 11 is -7.96. The molecule has 0 N–H and O–H groups in total. The molecule has 0 aliphatic rings. The van der Waals surface area contributed by atoms with Crippen LogP contribution in [0.4, 0.5) is 39.5 Å². The number of hydrogen-bond acceptors (Lipinski definition) is 9. The van der Waals surface area contributed by atoms with Crippen molar-refractivity contribution in [3.05, 3.63) is 0 Å². The molecular formula is C7H9F9O9S3Sn. The quantitative estimate of drug-likeness (QED) is 0.216. The SMILES string of the molecule is CCC[CH2][Sn]([O]S(=O)(=O)C(F)(F)F)([O]S(=O)(=O)C(F)(F)F)[O]S(=O)(=O)C(F)(F)F. The van der Waals surface area contributed by atoms with Crippen LogP contribution in [0.2, 0.25) is 4.44 Å². The number of hydrogen-bond donors (Lipinski definition) is 0. The Morgan fingerprint density at radius 1 is 0.621 bits per heavy atom. The van der Waals surface area contributed by atoms with Gasteiger partial charge in [-0.3, -0.25) is 0 Å². The molecule has 0 aliphatic heterocycles. The summed E-state index contributed by atoms with van der Waals surface area (Å²) in [5.74, 6) is 0. The second kappa shape index (κ2) is 8.80. The summed E-state index contributed by atoms with van der Waals surface area (Å²) in [6.45, 7) is 1.12. The van der Waals surface area contributed by atoms with E-state index in [1.165, 1.54) is 0 Å². The number of rotatable bonds is 9. The van der Waals surface area contributed by atoms with Crippen LogP contribution >= 0.6 is 0 Å². The maximum atomic E-state index is 12.5. The molecule has 0 atom stereocenters. The Hall–Kier alpha value is -0.101. The first-order valence-electron chi connectivity index (χ1n) is 6.49. The summed E-state index contributed by atoms with van der Waals surface area (Å²) in [4.78, 5) is 0. The van der Waals surface area contributed by atoms with Crippen molar-refractivity contribution >= 4 is 50.0 Å². The predicted molar refractivity (Wildman–Crippen MR) is 73.6 cm³/mol. The molecule has 0 aromatic carbocycles. The molecule has 0 rings (SSSR count). The van der Waals surface area contributed by atoms with Crippen LogP contribution in [0.5, 0.6) is 0 Å². The average Bonchev–Trinajstić information content (AvgIpc) is 2.39. The summed E-state index contributed by atoms with van der Waals surface area (Å²) in [6, 6.07) is 0. The fourth-order valence-electron chi connectivity index (χ4n) is 1.20. The van der Waals surface area contributed by atoms with Crippen LogP contribution in [0.25, 0.3) is 0 Å². The molecule has 22 heteroatoms. The molecule has 9 nitrogen and oxygen atoms in total. The minimum absolute atomic E-state index is 0.320. The summed E-state index contributed by atoms with van der Waals surface area (Å²) in [6.07, 6.45) is -1.15. The molecule has 0 saturated heterocycles. The Morgan fingerprint density at radius 3 is 1.03 bits per heavy atom. The molecule has 0 saturated carbocycles. The van der Waals surface area contributed by atoms with Crippen molar-refractivity contribution in [1.82, 2.24) is 0 Å². The van der Waals surface area contributed by atoms with Gasteiger partial charge in [-0.2, -0.15) is 0 Å². The first-order valence-corrected chi connectivity index (χ1v) is 16.2. The van der Waals surface area contributed by atoms with Gasteiger partial charge in [-0.05, 0) is 0 Å². The Kier molecular flexibility index (Phi) is 8.77. The van der Waals surface area contributed by atoms with Crippen LogP contribution in [0.1, 0.15) is 19.8 Å². The molecule has 0 unspecified atom stereocenters. The maximum absolute atomic E-state index is 12.5. The zero-order valence-corrected chi connectivity index (χ0v) is 18.7. The van der Waals surface area contributed by atoms with E-state index in [1.807, 2.05) is 0 Å². The van der Waals surface area contributed by atoms with Crippen molar-refractivity contribution in [3.63, 3.8) is 0 Å². The Bertz CT molecular complexity index is 773. The fourth-order valence-corrected chi connectivity index (χ4v) is 20.6. The van der Waals surface area contributed by atoms with Crippen molar-refractivity contribution in [1.29, 1.82) is 0 Å². The van der Waals surface area contributed by atoms with Gasteiger partial charge in [0.15, 0.2) is 0 Å². The topological polar surface area (TPSA) is 130 Å². The molecule has 0 bridgehead atoms. The van der Waals surface area contributed by atoms with E-state index >= 15 is 0 Å². The third kappa shape index (κ3) is 7.52. The summed E-state index contributed by atoms with van der Waals surface area (Å²) in [5, 5.41) is 0. The molecular weight excluding hydrogens is 614 g/mol. The molecule has 0 radical (unpaired) electrons. The van der Waals surface area contributed by atoms with Gasteiger partial charge in [0, 0.05) is 0 Å². The summed E-state index contributed by atoms with van der Waals surface area (Å²) < 4.78 is 187. The van der Waals surface area contributed by atoms with Gasteiger partial charge in [0.05, 0.1) is 0 Å². The van der Waals surface area contributed by atoms with Crippen molar-refractivity contribution in [3.8, 4) is 0 Å². The molecule has 29 heavy (non-hydrogen) atoms. The molecule has 0 heterocycles. The number of alkyl halides is 9. The van der Waals surface area contributed by atoms with Crippen LogP contribution in [-0.2, 0) is 37.9 Å². The van der Waals surface area contributed by atoms with E-state index in [4.69, 9.17) is 0 Å². The van der Waals surface area contributed by atoms with Gasteiger partial charge in [0.25, 0.3) is 0 Å². The van der Waals surface area contributed by atoms with Gasteiger partial charge in [-0.1, -0.05) is 0 Å². The fraction of sp³-hybridized carbons (Fsp3) is 1.00. The molecule has 0 fully saturated rings. The molecule has 0 aromatic rings. The van der Waals surface area contributed by atoms with Gasteiger partial charge in [0.1, 0.15) is 0 Å². The minimum atomic E-state index is -7.96. The molecule has 0 spiro atoms. The van der Waals surface area contributed by atoms with Crippen LogP contribution in [0, 0.1) is 0 Å². The average molecular weight is 623 g/mol. The molecule has 0 aromatic heterocycles. The van der Waals surface area contributed by atoms with E-state index in [9.17, 15) is 64.8 Å². The predicted octanol–water partition coefficient (Wildman–Crippen LogP) is 2.32. The van der Waals surface area contributed by atoms with E-state index in [1.54, 1.807) is 0 Å². The van der Waals surface area contributed by atoms with Crippen LogP contribution in [0.15, 0.2) is 0 Å². The summed E-state index contributed by atoms with van der Waals surface area (Å²) in [5.41, 5.74) is -19.5. The van der Waals surface area contributed by atoms with Gasteiger partial charge >= 0.3 is 163 Å². The van der Waals surface area contributed by atoms with Gasteiger partial charge in [-0.15, -0.1) is 0 Å². The third-order valence-corrected chi connectivity index (χ3v) is 20.4. The molecule has 0 aliphatic carbocycles. The van der Waals surface area contributed by atoms with Crippen molar-refractivity contribution in [2.75, 3.05) is 0 Å². The second-order valence-corrected chi connectivity index (χ2v) is 19.0. The van der Waals surface area contributed by atoms with Crippen LogP contribution in [-0.4, -0.2) is 61.4 Å². The van der Waals surface area contributed by atoms with E-state index in [0.29, 0.717) is 0 Å². The zero-order chi connectivity index (χ0) is 23.7. The van der Waals surface area contributed by atoms with Crippen molar-refractivity contribution in [2.45, 2.75) is 40.7 Å².